The molecule has 1 heterocycles. The molecule has 0 aromatic heterocycles. The van der Waals surface area contributed by atoms with Crippen molar-refractivity contribution in [2.24, 2.45) is 10.7 Å². The monoisotopic (exact) mass is 341 g/mol. The zero-order valence-corrected chi connectivity index (χ0v) is 14.7. The van der Waals surface area contributed by atoms with Gasteiger partial charge in [-0.25, -0.2) is 4.99 Å². The number of hydrogen-bond acceptors (Lipinski definition) is 6. The molecule has 0 bridgehead atoms. The highest BCUT2D eigenvalue weighted by Crippen LogP contribution is 2.36. The lowest BCUT2D eigenvalue weighted by Gasteiger charge is -2.29. The molecule has 2 aromatic rings. The maximum Gasteiger partial charge on any atom is 0.189 e. The number of guanidine groups is 1. The fourth-order valence-corrected chi connectivity index (χ4v) is 3.07. The predicted molar refractivity (Wildman–Crippen MR) is 97.4 cm³/mol. The van der Waals surface area contributed by atoms with Crippen molar-refractivity contribution in [1.29, 1.82) is 0 Å². The van der Waals surface area contributed by atoms with Gasteiger partial charge in [0.2, 0.25) is 0 Å². The average Bonchev–Trinajstić information content (AvgIpc) is 2.67. The van der Waals surface area contributed by atoms with Crippen LogP contribution in [0.1, 0.15) is 29.6 Å². The molecule has 3 N–H and O–H groups in total. The Morgan fingerprint density at radius 3 is 2.48 bits per heavy atom. The number of ether oxygens (including phenoxy) is 3. The fourth-order valence-electron chi connectivity index (χ4n) is 3.07. The van der Waals surface area contributed by atoms with Crippen molar-refractivity contribution < 1.29 is 14.2 Å². The molecule has 6 nitrogen and oxygen atoms in total. The second-order valence-electron chi connectivity index (χ2n) is 5.85. The number of aliphatic imine (C=N–C) groups is 1. The van der Waals surface area contributed by atoms with E-state index in [2.05, 4.69) is 10.3 Å². The number of methoxy groups -OCH3 is 3. The fraction of sp³-hybridized carbons (Fsp3) is 0.316. The molecular weight excluding hydrogens is 318 g/mol. The summed E-state index contributed by atoms with van der Waals surface area (Å²) in [5, 5.41) is 3.25. The van der Waals surface area contributed by atoms with Crippen LogP contribution in [0.2, 0.25) is 0 Å². The molecule has 2 unspecified atom stereocenters. The summed E-state index contributed by atoms with van der Waals surface area (Å²) in [7, 11) is 4.91. The first-order valence-corrected chi connectivity index (χ1v) is 8.10. The lowest BCUT2D eigenvalue weighted by Crippen LogP contribution is -2.39. The smallest absolute Gasteiger partial charge is 0.189 e. The van der Waals surface area contributed by atoms with Gasteiger partial charge in [0.15, 0.2) is 17.5 Å². The molecule has 0 fully saturated rings. The summed E-state index contributed by atoms with van der Waals surface area (Å²) >= 11 is 0. The maximum atomic E-state index is 6.04. The van der Waals surface area contributed by atoms with E-state index in [1.807, 2.05) is 42.5 Å². The topological polar surface area (TPSA) is 78.1 Å². The van der Waals surface area contributed by atoms with Gasteiger partial charge in [0.1, 0.15) is 5.75 Å². The van der Waals surface area contributed by atoms with Crippen LogP contribution < -0.4 is 25.3 Å². The molecule has 2 atom stereocenters. The van der Waals surface area contributed by atoms with Crippen LogP contribution in [-0.4, -0.2) is 27.3 Å². The van der Waals surface area contributed by atoms with E-state index in [0.29, 0.717) is 17.5 Å². The molecule has 1 aliphatic heterocycles. The summed E-state index contributed by atoms with van der Waals surface area (Å²) in [6.07, 6.45) is 0.781. The summed E-state index contributed by atoms with van der Waals surface area (Å²) in [6, 6.07) is 13.8. The third kappa shape index (κ3) is 3.63. The van der Waals surface area contributed by atoms with Crippen molar-refractivity contribution in [3.05, 3.63) is 53.6 Å². The Morgan fingerprint density at radius 2 is 1.76 bits per heavy atom. The molecule has 0 amide bonds. The Bertz CT molecular complexity index is 776. The van der Waals surface area contributed by atoms with Gasteiger partial charge in [-0.2, -0.15) is 0 Å². The standard InChI is InChI=1S/C19H23N3O3/c1-23-14-6-4-5-12(9-14)15-11-16(22-19(20)21-15)13-7-8-17(24-2)18(10-13)25-3/h4-10,15-16H,11H2,1-3H3,(H3,20,21,22). The third-order valence-corrected chi connectivity index (χ3v) is 4.36. The van der Waals surface area contributed by atoms with Crippen molar-refractivity contribution in [2.45, 2.75) is 18.5 Å². The Balaban J connectivity index is 1.88. The van der Waals surface area contributed by atoms with E-state index in [9.17, 15) is 0 Å². The van der Waals surface area contributed by atoms with E-state index in [-0.39, 0.29) is 12.1 Å². The van der Waals surface area contributed by atoms with Gasteiger partial charge in [-0.1, -0.05) is 18.2 Å². The maximum absolute atomic E-state index is 6.04. The first-order valence-electron chi connectivity index (χ1n) is 8.10. The molecule has 25 heavy (non-hydrogen) atoms. The van der Waals surface area contributed by atoms with Crippen LogP contribution in [-0.2, 0) is 0 Å². The Labute approximate surface area is 147 Å². The SMILES string of the molecule is COc1cccc(C2CC(c3ccc(OC)c(OC)c3)NC(N)=N2)c1. The van der Waals surface area contributed by atoms with Crippen molar-refractivity contribution in [3.63, 3.8) is 0 Å². The summed E-state index contributed by atoms with van der Waals surface area (Å²) in [5.41, 5.74) is 8.19. The zero-order chi connectivity index (χ0) is 17.8. The molecule has 0 saturated carbocycles. The number of nitrogens with one attached hydrogen (secondary N) is 1. The van der Waals surface area contributed by atoms with Gasteiger partial charge in [-0.05, 0) is 41.8 Å². The first kappa shape index (κ1) is 17.0. The number of nitrogens with two attached hydrogens (primary N) is 1. The van der Waals surface area contributed by atoms with Crippen molar-refractivity contribution in [3.8, 4) is 17.2 Å². The molecular formula is C19H23N3O3. The predicted octanol–water partition coefficient (Wildman–Crippen LogP) is 2.80. The Kier molecular flexibility index (Phi) is 4.97. The van der Waals surface area contributed by atoms with Crippen molar-refractivity contribution in [2.75, 3.05) is 21.3 Å². The Morgan fingerprint density at radius 1 is 0.960 bits per heavy atom. The average molecular weight is 341 g/mol. The molecule has 0 saturated heterocycles. The highest BCUT2D eigenvalue weighted by Gasteiger charge is 2.25. The normalized spacial score (nSPS) is 19.6. The van der Waals surface area contributed by atoms with Crippen molar-refractivity contribution in [1.82, 2.24) is 5.32 Å². The van der Waals surface area contributed by atoms with E-state index >= 15 is 0 Å². The zero-order valence-electron chi connectivity index (χ0n) is 14.7. The van der Waals surface area contributed by atoms with Gasteiger partial charge in [0, 0.05) is 0 Å². The molecule has 2 aromatic carbocycles. The van der Waals surface area contributed by atoms with Crippen LogP contribution in [0.4, 0.5) is 0 Å². The van der Waals surface area contributed by atoms with Gasteiger partial charge in [-0.3, -0.25) is 0 Å². The van der Waals surface area contributed by atoms with Gasteiger partial charge >= 0.3 is 0 Å². The van der Waals surface area contributed by atoms with Crippen LogP contribution >= 0.6 is 0 Å². The summed E-state index contributed by atoms with van der Waals surface area (Å²) in [4.78, 5) is 4.55. The van der Waals surface area contributed by atoms with Crippen LogP contribution in [0, 0.1) is 0 Å². The molecule has 132 valence electrons. The van der Waals surface area contributed by atoms with Gasteiger partial charge < -0.3 is 25.3 Å². The summed E-state index contributed by atoms with van der Waals surface area (Å²) in [5.74, 6) is 2.64. The van der Waals surface area contributed by atoms with Crippen LogP contribution in [0.5, 0.6) is 17.2 Å². The quantitative estimate of drug-likeness (QED) is 0.874. The molecule has 1 aliphatic rings. The second-order valence-corrected chi connectivity index (χ2v) is 5.85. The third-order valence-electron chi connectivity index (χ3n) is 4.36. The Hall–Kier alpha value is -2.89. The summed E-state index contributed by atoms with van der Waals surface area (Å²) in [6.45, 7) is 0. The first-order chi connectivity index (χ1) is 12.1. The van der Waals surface area contributed by atoms with E-state index in [1.165, 1.54) is 0 Å². The minimum Gasteiger partial charge on any atom is -0.497 e. The molecule has 0 aliphatic carbocycles. The van der Waals surface area contributed by atoms with Gasteiger partial charge in [0.25, 0.3) is 0 Å². The summed E-state index contributed by atoms with van der Waals surface area (Å²) < 4.78 is 16.0. The number of rotatable bonds is 5. The minimum absolute atomic E-state index is 0.0329. The molecule has 0 radical (unpaired) electrons. The van der Waals surface area contributed by atoms with E-state index < -0.39 is 0 Å². The minimum atomic E-state index is -0.0329. The van der Waals surface area contributed by atoms with Crippen LogP contribution in [0.25, 0.3) is 0 Å². The van der Waals surface area contributed by atoms with Gasteiger partial charge in [0.05, 0.1) is 33.4 Å². The molecule has 6 heteroatoms. The number of hydrogen-bond donors (Lipinski definition) is 2. The number of benzene rings is 2. The lowest BCUT2D eigenvalue weighted by atomic mass is 9.93. The lowest BCUT2D eigenvalue weighted by molar-refractivity contribution is 0.353. The second kappa shape index (κ2) is 7.34. The van der Waals surface area contributed by atoms with E-state index in [4.69, 9.17) is 19.9 Å². The molecule has 3 rings (SSSR count). The van der Waals surface area contributed by atoms with E-state index in [1.54, 1.807) is 21.3 Å². The van der Waals surface area contributed by atoms with Crippen molar-refractivity contribution >= 4 is 5.96 Å². The number of nitrogens with zero attached hydrogens (tertiary/aromatic N) is 1. The van der Waals surface area contributed by atoms with Crippen LogP contribution in [0.3, 0.4) is 0 Å². The molecule has 0 spiro atoms. The highest BCUT2D eigenvalue weighted by molar-refractivity contribution is 5.79. The highest BCUT2D eigenvalue weighted by atomic mass is 16.5. The largest absolute Gasteiger partial charge is 0.497 e. The van der Waals surface area contributed by atoms with Crippen LogP contribution in [0.15, 0.2) is 47.5 Å². The van der Waals surface area contributed by atoms with E-state index in [0.717, 1.165) is 23.3 Å². The van der Waals surface area contributed by atoms with Gasteiger partial charge in [-0.15, -0.1) is 0 Å².